The standard InChI is InChI=1S/C32H42O3/c1-21-13-15-27(23(3)33)31(17-21)29-11-7-5-9-25(29)19-35-20-26-10-6-8-12-30(26)32-18-22(2)14-16-28(32)24(4)34/h5-12,21-22,27-28,31-32H,13-20H2,1-4H3. The van der Waals surface area contributed by atoms with Crippen molar-refractivity contribution in [3.63, 3.8) is 0 Å². The second-order valence-corrected chi connectivity index (χ2v) is 11.4. The van der Waals surface area contributed by atoms with Gasteiger partial charge in [-0.15, -0.1) is 0 Å². The average molecular weight is 475 g/mol. The Bertz CT molecular complexity index is 943. The molecule has 2 aromatic carbocycles. The third-order valence-corrected chi connectivity index (χ3v) is 8.69. The molecule has 2 aromatic rings. The molecule has 0 spiro atoms. The number of benzene rings is 2. The zero-order valence-electron chi connectivity index (χ0n) is 22.0. The van der Waals surface area contributed by atoms with E-state index in [2.05, 4.69) is 62.4 Å². The molecular formula is C32H42O3. The Morgan fingerprint density at radius 3 is 1.49 bits per heavy atom. The monoisotopic (exact) mass is 474 g/mol. The molecule has 2 aliphatic carbocycles. The molecule has 3 nitrogen and oxygen atoms in total. The van der Waals surface area contributed by atoms with E-state index in [1.165, 1.54) is 22.3 Å². The summed E-state index contributed by atoms with van der Waals surface area (Å²) in [5, 5.41) is 0. The van der Waals surface area contributed by atoms with Crippen LogP contribution < -0.4 is 0 Å². The zero-order chi connectivity index (χ0) is 24.9. The van der Waals surface area contributed by atoms with Crippen molar-refractivity contribution in [2.75, 3.05) is 0 Å². The molecule has 0 aliphatic heterocycles. The van der Waals surface area contributed by atoms with Crippen LogP contribution >= 0.6 is 0 Å². The molecule has 4 rings (SSSR count). The normalized spacial score (nSPS) is 29.0. The predicted octanol–water partition coefficient (Wildman–Crippen LogP) is 7.62. The minimum Gasteiger partial charge on any atom is -0.372 e. The Morgan fingerprint density at radius 2 is 1.09 bits per heavy atom. The molecule has 0 amide bonds. The van der Waals surface area contributed by atoms with Crippen LogP contribution in [0.5, 0.6) is 0 Å². The van der Waals surface area contributed by atoms with Crippen LogP contribution in [0.2, 0.25) is 0 Å². The minimum atomic E-state index is 0.116. The molecule has 2 aliphatic rings. The van der Waals surface area contributed by atoms with Crippen molar-refractivity contribution in [2.45, 2.75) is 91.3 Å². The maximum atomic E-state index is 12.4. The SMILES string of the molecule is CC(=O)C1CCC(C)CC1c1ccccc1COCc1ccccc1C1CC(C)CCC1C(C)=O. The molecule has 2 fully saturated rings. The van der Waals surface area contributed by atoms with Crippen LogP contribution in [0, 0.1) is 23.7 Å². The molecule has 2 saturated carbocycles. The molecule has 0 saturated heterocycles. The van der Waals surface area contributed by atoms with Crippen LogP contribution in [0.4, 0.5) is 0 Å². The highest BCUT2D eigenvalue weighted by atomic mass is 16.5. The van der Waals surface area contributed by atoms with Crippen molar-refractivity contribution in [1.82, 2.24) is 0 Å². The number of hydrogen-bond acceptors (Lipinski definition) is 3. The van der Waals surface area contributed by atoms with Crippen LogP contribution in [0.15, 0.2) is 48.5 Å². The largest absolute Gasteiger partial charge is 0.372 e. The summed E-state index contributed by atoms with van der Waals surface area (Å²) >= 11 is 0. The van der Waals surface area contributed by atoms with E-state index in [0.29, 0.717) is 36.6 Å². The number of ketones is 2. The molecule has 3 heteroatoms. The number of carbonyl (C=O) groups excluding carboxylic acids is 2. The van der Waals surface area contributed by atoms with Gasteiger partial charge in [-0.25, -0.2) is 0 Å². The summed E-state index contributed by atoms with van der Waals surface area (Å²) in [5.74, 6) is 2.70. The van der Waals surface area contributed by atoms with Gasteiger partial charge in [0.15, 0.2) is 0 Å². The lowest BCUT2D eigenvalue weighted by atomic mass is 9.69. The van der Waals surface area contributed by atoms with Crippen molar-refractivity contribution in [3.8, 4) is 0 Å². The third kappa shape index (κ3) is 6.12. The van der Waals surface area contributed by atoms with Gasteiger partial charge >= 0.3 is 0 Å². The minimum absolute atomic E-state index is 0.116. The van der Waals surface area contributed by atoms with Gasteiger partial charge in [0.1, 0.15) is 11.6 Å². The first-order valence-electron chi connectivity index (χ1n) is 13.6. The van der Waals surface area contributed by atoms with Crippen molar-refractivity contribution in [2.24, 2.45) is 23.7 Å². The van der Waals surface area contributed by atoms with Gasteiger partial charge in [-0.3, -0.25) is 9.59 Å². The van der Waals surface area contributed by atoms with Crippen molar-refractivity contribution >= 4 is 11.6 Å². The van der Waals surface area contributed by atoms with E-state index in [0.717, 1.165) is 38.5 Å². The predicted molar refractivity (Wildman–Crippen MR) is 141 cm³/mol. The Labute approximate surface area is 211 Å². The summed E-state index contributed by atoms with van der Waals surface area (Å²) in [5.41, 5.74) is 4.96. The molecule has 0 heterocycles. The molecule has 0 aromatic heterocycles. The lowest BCUT2D eigenvalue weighted by Gasteiger charge is -2.35. The van der Waals surface area contributed by atoms with Gasteiger partial charge in [0, 0.05) is 11.8 Å². The van der Waals surface area contributed by atoms with Crippen LogP contribution in [-0.2, 0) is 27.5 Å². The van der Waals surface area contributed by atoms with Crippen molar-refractivity contribution in [1.29, 1.82) is 0 Å². The Morgan fingerprint density at radius 1 is 0.686 bits per heavy atom. The van der Waals surface area contributed by atoms with Crippen LogP contribution in [0.1, 0.15) is 100 Å². The molecule has 35 heavy (non-hydrogen) atoms. The van der Waals surface area contributed by atoms with Gasteiger partial charge in [-0.2, -0.15) is 0 Å². The molecular weight excluding hydrogens is 432 g/mol. The lowest BCUT2D eigenvalue weighted by Crippen LogP contribution is -2.28. The highest BCUT2D eigenvalue weighted by Gasteiger charge is 2.35. The molecule has 0 radical (unpaired) electrons. The quantitative estimate of drug-likeness (QED) is 0.395. The fourth-order valence-corrected chi connectivity index (χ4v) is 6.75. The topological polar surface area (TPSA) is 43.4 Å². The fraction of sp³-hybridized carbons (Fsp3) is 0.562. The van der Waals surface area contributed by atoms with E-state index < -0.39 is 0 Å². The van der Waals surface area contributed by atoms with E-state index in [9.17, 15) is 9.59 Å². The summed E-state index contributed by atoms with van der Waals surface area (Å²) in [6, 6.07) is 17.1. The Hall–Kier alpha value is -2.26. The number of rotatable bonds is 8. The molecule has 188 valence electrons. The molecule has 0 bridgehead atoms. The first-order valence-corrected chi connectivity index (χ1v) is 13.6. The second kappa shape index (κ2) is 11.6. The third-order valence-electron chi connectivity index (χ3n) is 8.69. The number of carbonyl (C=O) groups is 2. The van der Waals surface area contributed by atoms with Crippen LogP contribution in [0.3, 0.4) is 0 Å². The number of hydrogen-bond donors (Lipinski definition) is 0. The highest BCUT2D eigenvalue weighted by Crippen LogP contribution is 2.43. The highest BCUT2D eigenvalue weighted by molar-refractivity contribution is 5.80. The van der Waals surface area contributed by atoms with Crippen molar-refractivity contribution < 1.29 is 14.3 Å². The average Bonchev–Trinajstić information content (AvgIpc) is 2.84. The van der Waals surface area contributed by atoms with E-state index in [1.54, 1.807) is 13.8 Å². The zero-order valence-corrected chi connectivity index (χ0v) is 22.0. The Balaban J connectivity index is 1.50. The maximum Gasteiger partial charge on any atom is 0.133 e. The first kappa shape index (κ1) is 25.8. The lowest BCUT2D eigenvalue weighted by molar-refractivity contribution is -0.123. The first-order chi connectivity index (χ1) is 16.8. The fourth-order valence-electron chi connectivity index (χ4n) is 6.75. The molecule has 6 atom stereocenters. The smallest absolute Gasteiger partial charge is 0.133 e. The summed E-state index contributed by atoms with van der Waals surface area (Å²) in [7, 11) is 0. The number of Topliss-reactive ketones (excluding diaryl/α,β-unsaturated/α-hetero) is 2. The summed E-state index contributed by atoms with van der Waals surface area (Å²) in [6.07, 6.45) is 6.38. The van der Waals surface area contributed by atoms with Gasteiger partial charge in [0.2, 0.25) is 0 Å². The van der Waals surface area contributed by atoms with Gasteiger partial charge in [0.05, 0.1) is 13.2 Å². The Kier molecular flexibility index (Phi) is 8.59. The maximum absolute atomic E-state index is 12.4. The number of ether oxygens (including phenoxy) is 1. The van der Waals surface area contributed by atoms with Gasteiger partial charge < -0.3 is 4.74 Å². The van der Waals surface area contributed by atoms with Crippen molar-refractivity contribution in [3.05, 3.63) is 70.8 Å². The summed E-state index contributed by atoms with van der Waals surface area (Å²) in [4.78, 5) is 24.9. The van der Waals surface area contributed by atoms with E-state index >= 15 is 0 Å². The molecule has 6 unspecified atom stereocenters. The summed E-state index contributed by atoms with van der Waals surface area (Å²) in [6.45, 7) is 9.20. The summed E-state index contributed by atoms with van der Waals surface area (Å²) < 4.78 is 6.34. The van der Waals surface area contributed by atoms with Gasteiger partial charge in [-0.05, 0) is 98.3 Å². The van der Waals surface area contributed by atoms with Crippen LogP contribution in [-0.4, -0.2) is 11.6 Å². The molecule has 0 N–H and O–H groups in total. The van der Waals surface area contributed by atoms with E-state index in [-0.39, 0.29) is 23.7 Å². The van der Waals surface area contributed by atoms with E-state index in [1.807, 2.05) is 0 Å². The van der Waals surface area contributed by atoms with Gasteiger partial charge in [0.25, 0.3) is 0 Å². The van der Waals surface area contributed by atoms with Gasteiger partial charge in [-0.1, -0.05) is 62.4 Å². The van der Waals surface area contributed by atoms with Crippen LogP contribution in [0.25, 0.3) is 0 Å². The van der Waals surface area contributed by atoms with E-state index in [4.69, 9.17) is 4.74 Å². The second-order valence-electron chi connectivity index (χ2n) is 11.4.